The number of para-hydroxylation sites is 1. The van der Waals surface area contributed by atoms with Gasteiger partial charge in [-0.1, -0.05) is 30.4 Å². The highest BCUT2D eigenvalue weighted by Gasteiger charge is 2.50. The van der Waals surface area contributed by atoms with Crippen LogP contribution in [0, 0.1) is 25.7 Å². The smallest absolute Gasteiger partial charge is 0.329 e. The maximum absolute atomic E-state index is 12.8. The van der Waals surface area contributed by atoms with Crippen molar-refractivity contribution in [2.45, 2.75) is 39.7 Å². The standard InChI is InChI=1S/C25H26N2O5/c1-15-13-21(16(2)26(15)18-9-5-4-6-10-18)22(28)14-32-25(31)17(3)27-23(29)19-11-7-8-12-20(19)24(27)30/h4-10,13,17,19-20H,11-12,14H2,1-3H3/t17-,19+,20+/m1/s1. The summed E-state index contributed by atoms with van der Waals surface area (Å²) in [6.07, 6.45) is 4.79. The van der Waals surface area contributed by atoms with Gasteiger partial charge >= 0.3 is 5.97 Å². The van der Waals surface area contributed by atoms with Crippen molar-refractivity contribution in [3.8, 4) is 5.69 Å². The van der Waals surface area contributed by atoms with Crippen LogP contribution in [0.5, 0.6) is 0 Å². The Labute approximate surface area is 186 Å². The molecule has 2 aliphatic rings. The molecule has 0 spiro atoms. The Morgan fingerprint density at radius 2 is 1.62 bits per heavy atom. The van der Waals surface area contributed by atoms with Gasteiger partial charge in [-0.05, 0) is 51.8 Å². The minimum atomic E-state index is -1.06. The first-order valence-corrected chi connectivity index (χ1v) is 10.8. The third-order valence-corrected chi connectivity index (χ3v) is 6.36. The van der Waals surface area contributed by atoms with Crippen LogP contribution < -0.4 is 0 Å². The molecule has 3 atom stereocenters. The van der Waals surface area contributed by atoms with Crippen molar-refractivity contribution >= 4 is 23.6 Å². The molecule has 0 unspecified atom stereocenters. The second-order valence-corrected chi connectivity index (χ2v) is 8.36. The van der Waals surface area contributed by atoms with Crippen LogP contribution in [0.25, 0.3) is 5.69 Å². The lowest BCUT2D eigenvalue weighted by Crippen LogP contribution is -2.44. The molecule has 2 heterocycles. The van der Waals surface area contributed by atoms with E-state index in [2.05, 4.69) is 0 Å². The summed E-state index contributed by atoms with van der Waals surface area (Å²) < 4.78 is 7.20. The van der Waals surface area contributed by atoms with Gasteiger partial charge in [0.2, 0.25) is 17.6 Å². The molecule has 1 aliphatic heterocycles. The number of nitrogens with zero attached hydrogens (tertiary/aromatic N) is 2. The number of allylic oxidation sites excluding steroid dienone is 2. The van der Waals surface area contributed by atoms with Crippen LogP contribution in [-0.4, -0.2) is 45.7 Å². The van der Waals surface area contributed by atoms with E-state index >= 15 is 0 Å². The molecule has 0 N–H and O–H groups in total. The topological polar surface area (TPSA) is 85.7 Å². The van der Waals surface area contributed by atoms with Gasteiger partial charge in [-0.15, -0.1) is 0 Å². The largest absolute Gasteiger partial charge is 0.456 e. The van der Waals surface area contributed by atoms with Crippen LogP contribution in [0.3, 0.4) is 0 Å². The van der Waals surface area contributed by atoms with E-state index in [9.17, 15) is 19.2 Å². The zero-order valence-electron chi connectivity index (χ0n) is 18.4. The molecule has 2 aromatic rings. The molecule has 0 radical (unpaired) electrons. The van der Waals surface area contributed by atoms with Gasteiger partial charge in [0, 0.05) is 22.6 Å². The Kier molecular flexibility index (Phi) is 5.82. The normalized spacial score (nSPS) is 20.9. The summed E-state index contributed by atoms with van der Waals surface area (Å²) in [7, 11) is 0. The average Bonchev–Trinajstić information content (AvgIpc) is 3.24. The zero-order chi connectivity index (χ0) is 23.0. The van der Waals surface area contributed by atoms with Crippen LogP contribution >= 0.6 is 0 Å². The van der Waals surface area contributed by atoms with E-state index < -0.39 is 30.5 Å². The van der Waals surface area contributed by atoms with Crippen LogP contribution in [0.1, 0.15) is 41.5 Å². The molecule has 1 aliphatic carbocycles. The van der Waals surface area contributed by atoms with Crippen molar-refractivity contribution < 1.29 is 23.9 Å². The molecule has 2 amide bonds. The number of Topliss-reactive ketones (excluding diaryl/α,β-unsaturated/α-hetero) is 1. The lowest BCUT2D eigenvalue weighted by molar-refractivity contribution is -0.157. The summed E-state index contributed by atoms with van der Waals surface area (Å²) in [5.41, 5.74) is 3.05. The summed E-state index contributed by atoms with van der Waals surface area (Å²) in [4.78, 5) is 51.7. The van der Waals surface area contributed by atoms with Crippen molar-refractivity contribution in [3.05, 3.63) is 65.5 Å². The van der Waals surface area contributed by atoms with Crippen LogP contribution in [0.2, 0.25) is 0 Å². The molecule has 0 bridgehead atoms. The molecule has 1 aromatic carbocycles. The number of amides is 2. The van der Waals surface area contributed by atoms with Crippen molar-refractivity contribution in [3.63, 3.8) is 0 Å². The SMILES string of the molecule is Cc1cc(C(=O)COC(=O)[C@@H](C)N2C(=O)[C@H]3CC=CC[C@@H]3C2=O)c(C)n1-c1ccccc1. The molecular weight excluding hydrogens is 408 g/mol. The molecule has 7 nitrogen and oxygen atoms in total. The Bertz CT molecular complexity index is 1090. The Balaban J connectivity index is 1.43. The Morgan fingerprint density at radius 3 is 2.22 bits per heavy atom. The summed E-state index contributed by atoms with van der Waals surface area (Å²) in [5.74, 6) is -2.60. The number of rotatable bonds is 6. The van der Waals surface area contributed by atoms with Crippen molar-refractivity contribution in [2.24, 2.45) is 11.8 Å². The number of hydrogen-bond donors (Lipinski definition) is 0. The molecule has 4 rings (SSSR count). The second kappa shape index (κ2) is 8.57. The van der Waals surface area contributed by atoms with Gasteiger partial charge in [-0.25, -0.2) is 4.79 Å². The van der Waals surface area contributed by atoms with E-state index in [0.717, 1.165) is 22.0 Å². The number of hydrogen-bond acceptors (Lipinski definition) is 5. The van der Waals surface area contributed by atoms with Gasteiger partial charge in [-0.3, -0.25) is 19.3 Å². The Morgan fingerprint density at radius 1 is 1.03 bits per heavy atom. The van der Waals surface area contributed by atoms with Crippen LogP contribution in [-0.2, 0) is 19.1 Å². The number of esters is 1. The van der Waals surface area contributed by atoms with E-state index in [0.29, 0.717) is 18.4 Å². The van der Waals surface area contributed by atoms with Gasteiger partial charge in [0.15, 0.2) is 6.61 Å². The molecular formula is C25H26N2O5. The van der Waals surface area contributed by atoms with Gasteiger partial charge < -0.3 is 9.30 Å². The fourth-order valence-electron chi connectivity index (χ4n) is 4.67. The summed E-state index contributed by atoms with van der Waals surface area (Å²) in [5, 5.41) is 0. The predicted octanol–water partition coefficient (Wildman–Crippen LogP) is 3.16. The predicted molar refractivity (Wildman–Crippen MR) is 117 cm³/mol. The molecule has 1 aromatic heterocycles. The molecule has 1 saturated heterocycles. The minimum Gasteiger partial charge on any atom is -0.456 e. The van der Waals surface area contributed by atoms with Gasteiger partial charge in [0.1, 0.15) is 6.04 Å². The number of carbonyl (C=O) groups excluding carboxylic acids is 4. The number of likely N-dealkylation sites (tertiary alicyclic amines) is 1. The molecule has 1 fully saturated rings. The quantitative estimate of drug-likeness (QED) is 0.302. The van der Waals surface area contributed by atoms with E-state index in [-0.39, 0.29) is 17.6 Å². The first kappa shape index (κ1) is 21.7. The minimum absolute atomic E-state index is 0.335. The highest BCUT2D eigenvalue weighted by atomic mass is 16.5. The highest BCUT2D eigenvalue weighted by molar-refractivity contribution is 6.08. The van der Waals surface area contributed by atoms with Gasteiger partial charge in [0.25, 0.3) is 0 Å². The number of ketones is 1. The molecule has 7 heteroatoms. The van der Waals surface area contributed by atoms with E-state index in [1.54, 1.807) is 6.07 Å². The molecule has 0 saturated carbocycles. The number of benzene rings is 1. The molecule has 32 heavy (non-hydrogen) atoms. The number of ether oxygens (including phenoxy) is 1. The summed E-state index contributed by atoms with van der Waals surface area (Å²) >= 11 is 0. The molecule has 166 valence electrons. The fraction of sp³-hybridized carbons (Fsp3) is 0.360. The summed E-state index contributed by atoms with van der Waals surface area (Å²) in [6.45, 7) is 4.76. The monoisotopic (exact) mass is 434 g/mol. The maximum Gasteiger partial charge on any atom is 0.329 e. The van der Waals surface area contributed by atoms with Crippen LogP contribution in [0.15, 0.2) is 48.6 Å². The second-order valence-electron chi connectivity index (χ2n) is 8.36. The van der Waals surface area contributed by atoms with Crippen molar-refractivity contribution in [2.75, 3.05) is 6.61 Å². The van der Waals surface area contributed by atoms with Crippen molar-refractivity contribution in [1.82, 2.24) is 9.47 Å². The third-order valence-electron chi connectivity index (χ3n) is 6.36. The van der Waals surface area contributed by atoms with Crippen LogP contribution in [0.4, 0.5) is 0 Å². The lowest BCUT2D eigenvalue weighted by Gasteiger charge is -2.21. The van der Waals surface area contributed by atoms with E-state index in [1.165, 1.54) is 6.92 Å². The zero-order valence-corrected chi connectivity index (χ0v) is 18.4. The van der Waals surface area contributed by atoms with Gasteiger partial charge in [0.05, 0.1) is 11.8 Å². The third kappa shape index (κ3) is 3.68. The first-order chi connectivity index (χ1) is 15.3. The first-order valence-electron chi connectivity index (χ1n) is 10.8. The number of aryl methyl sites for hydroxylation is 1. The number of carbonyl (C=O) groups is 4. The number of fused-ring (bicyclic) bond motifs is 1. The Hall–Kier alpha value is -3.48. The summed E-state index contributed by atoms with van der Waals surface area (Å²) in [6, 6.07) is 10.4. The average molecular weight is 434 g/mol. The van der Waals surface area contributed by atoms with E-state index in [1.807, 2.05) is 60.9 Å². The fourth-order valence-corrected chi connectivity index (χ4v) is 4.67. The lowest BCUT2D eigenvalue weighted by atomic mass is 9.85. The maximum atomic E-state index is 12.8. The van der Waals surface area contributed by atoms with Gasteiger partial charge in [-0.2, -0.15) is 0 Å². The highest BCUT2D eigenvalue weighted by Crippen LogP contribution is 2.36. The number of imide groups is 1. The number of aromatic nitrogens is 1. The van der Waals surface area contributed by atoms with Crippen molar-refractivity contribution in [1.29, 1.82) is 0 Å². The van der Waals surface area contributed by atoms with E-state index in [4.69, 9.17) is 4.74 Å².